The van der Waals surface area contributed by atoms with Gasteiger partial charge in [-0.2, -0.15) is 0 Å². The Bertz CT molecular complexity index is 549. The Morgan fingerprint density at radius 2 is 1.63 bits per heavy atom. The van der Waals surface area contributed by atoms with E-state index in [1.165, 1.54) is 12.1 Å². The van der Waals surface area contributed by atoms with E-state index in [2.05, 4.69) is 18.1 Å². The van der Waals surface area contributed by atoms with E-state index in [9.17, 15) is 4.39 Å². The maximum Gasteiger partial charge on any atom is 0.229 e. The first-order valence-electron chi connectivity index (χ1n) is 6.20. The van der Waals surface area contributed by atoms with Crippen LogP contribution in [0.4, 0.5) is 10.1 Å². The molecule has 98 valence electrons. The first-order chi connectivity index (χ1) is 9.13. The Morgan fingerprint density at radius 3 is 2.21 bits per heavy atom. The summed E-state index contributed by atoms with van der Waals surface area (Å²) in [7, 11) is -1.05. The van der Waals surface area contributed by atoms with E-state index >= 15 is 0 Å². The van der Waals surface area contributed by atoms with Crippen LogP contribution in [0, 0.1) is 5.82 Å². The van der Waals surface area contributed by atoms with Crippen LogP contribution < -0.4 is 4.43 Å². The summed E-state index contributed by atoms with van der Waals surface area (Å²) >= 11 is 0. The van der Waals surface area contributed by atoms with Crippen LogP contribution in [-0.4, -0.2) is 15.3 Å². The van der Waals surface area contributed by atoms with Crippen molar-refractivity contribution in [3.63, 3.8) is 0 Å². The normalized spacial score (nSPS) is 11.2. The summed E-state index contributed by atoms with van der Waals surface area (Å²) in [6, 6.07) is 13.9. The lowest BCUT2D eigenvalue weighted by atomic mass is 10.2. The minimum absolute atomic E-state index is 0.252. The van der Waals surface area contributed by atoms with Crippen molar-refractivity contribution in [2.24, 2.45) is 4.99 Å². The van der Waals surface area contributed by atoms with E-state index in [4.69, 9.17) is 4.43 Å². The Hall–Kier alpha value is -1.94. The predicted octanol–water partition coefficient (Wildman–Crippen LogP) is 3.94. The van der Waals surface area contributed by atoms with Crippen LogP contribution in [0.5, 0.6) is 5.75 Å². The molecule has 0 aliphatic heterocycles. The zero-order valence-corrected chi connectivity index (χ0v) is 12.2. The van der Waals surface area contributed by atoms with Crippen molar-refractivity contribution in [2.45, 2.75) is 13.1 Å². The summed E-state index contributed by atoms with van der Waals surface area (Å²) in [5.74, 6) is 0.652. The Balaban J connectivity index is 2.04. The molecule has 0 fully saturated rings. The van der Waals surface area contributed by atoms with E-state index < -0.39 is 9.04 Å². The highest BCUT2D eigenvalue weighted by Crippen LogP contribution is 2.14. The monoisotopic (exact) mass is 273 g/mol. The summed E-state index contributed by atoms with van der Waals surface area (Å²) < 4.78 is 18.4. The van der Waals surface area contributed by atoms with Crippen molar-refractivity contribution in [1.82, 2.24) is 0 Å². The first kappa shape index (κ1) is 13.5. The van der Waals surface area contributed by atoms with E-state index in [0.717, 1.165) is 17.0 Å². The fourth-order valence-electron chi connectivity index (χ4n) is 1.58. The van der Waals surface area contributed by atoms with Crippen molar-refractivity contribution >= 4 is 20.9 Å². The molecule has 0 saturated heterocycles. The molecular weight excluding hydrogens is 257 g/mol. The summed E-state index contributed by atoms with van der Waals surface area (Å²) in [6.07, 6.45) is 1.75. The molecule has 0 amide bonds. The van der Waals surface area contributed by atoms with Crippen LogP contribution in [0.3, 0.4) is 0 Å². The second-order valence-corrected chi connectivity index (χ2v) is 6.80. The first-order valence-corrected chi connectivity index (χ1v) is 8.98. The molecule has 2 aromatic carbocycles. The van der Waals surface area contributed by atoms with Crippen molar-refractivity contribution < 1.29 is 8.82 Å². The molecule has 0 bridgehead atoms. The molecule has 2 aromatic rings. The van der Waals surface area contributed by atoms with Gasteiger partial charge < -0.3 is 4.43 Å². The highest BCUT2D eigenvalue weighted by Gasteiger charge is 1.98. The molecule has 0 saturated carbocycles. The molecular formula is C15H16FNOSi. The van der Waals surface area contributed by atoms with Gasteiger partial charge in [-0.15, -0.1) is 0 Å². The van der Waals surface area contributed by atoms with E-state index in [1.807, 2.05) is 24.3 Å². The summed E-state index contributed by atoms with van der Waals surface area (Å²) in [6.45, 7) is 4.26. The maximum atomic E-state index is 12.7. The third kappa shape index (κ3) is 4.33. The highest BCUT2D eigenvalue weighted by atomic mass is 28.3. The largest absolute Gasteiger partial charge is 0.547 e. The SMILES string of the molecule is C[SiH](C)Oc1ccc(/C=N/c2ccc(F)cc2)cc1. The van der Waals surface area contributed by atoms with Crippen LogP contribution in [-0.2, 0) is 0 Å². The summed E-state index contributed by atoms with van der Waals surface area (Å²) in [4.78, 5) is 4.28. The van der Waals surface area contributed by atoms with Gasteiger partial charge >= 0.3 is 0 Å². The van der Waals surface area contributed by atoms with Crippen molar-refractivity contribution in [3.05, 3.63) is 59.9 Å². The van der Waals surface area contributed by atoms with Gasteiger partial charge in [-0.25, -0.2) is 4.39 Å². The number of benzene rings is 2. The topological polar surface area (TPSA) is 21.6 Å². The minimum Gasteiger partial charge on any atom is -0.547 e. The smallest absolute Gasteiger partial charge is 0.229 e. The average Bonchev–Trinajstić information content (AvgIpc) is 2.39. The molecule has 0 spiro atoms. The van der Waals surface area contributed by atoms with E-state index in [-0.39, 0.29) is 5.82 Å². The van der Waals surface area contributed by atoms with Gasteiger partial charge in [0, 0.05) is 6.21 Å². The lowest BCUT2D eigenvalue weighted by Crippen LogP contribution is -2.10. The molecule has 0 unspecified atom stereocenters. The average molecular weight is 273 g/mol. The second-order valence-electron chi connectivity index (χ2n) is 4.47. The maximum absolute atomic E-state index is 12.7. The highest BCUT2D eigenvalue weighted by molar-refractivity contribution is 6.49. The van der Waals surface area contributed by atoms with Gasteiger partial charge in [0.2, 0.25) is 9.04 Å². The third-order valence-corrected chi connectivity index (χ3v) is 3.18. The molecule has 0 atom stereocenters. The molecule has 19 heavy (non-hydrogen) atoms. The molecule has 4 heteroatoms. The molecule has 2 rings (SSSR count). The molecule has 0 N–H and O–H groups in total. The minimum atomic E-state index is -1.05. The van der Waals surface area contributed by atoms with Gasteiger partial charge in [-0.3, -0.25) is 4.99 Å². The van der Waals surface area contributed by atoms with Crippen molar-refractivity contribution in [2.75, 3.05) is 0 Å². The number of hydrogen-bond donors (Lipinski definition) is 0. The number of halogens is 1. The van der Waals surface area contributed by atoms with Gasteiger partial charge in [-0.1, -0.05) is 0 Å². The Labute approximate surface area is 114 Å². The second kappa shape index (κ2) is 6.29. The molecule has 0 radical (unpaired) electrons. The van der Waals surface area contributed by atoms with Gasteiger partial charge in [0.05, 0.1) is 5.69 Å². The van der Waals surface area contributed by atoms with E-state index in [1.54, 1.807) is 18.3 Å². The standard InChI is InChI=1S/C15H16FNOSi/c1-19(2)18-15-9-3-12(4-10-15)11-17-14-7-5-13(16)6-8-14/h3-11,19H,1-2H3/b17-11+. The molecule has 0 aromatic heterocycles. The van der Waals surface area contributed by atoms with Crippen LogP contribution in [0.2, 0.25) is 13.1 Å². The molecule has 2 nitrogen and oxygen atoms in total. The number of hydrogen-bond acceptors (Lipinski definition) is 2. The van der Waals surface area contributed by atoms with Gasteiger partial charge in [0.1, 0.15) is 11.6 Å². The summed E-state index contributed by atoms with van der Waals surface area (Å²) in [5, 5.41) is 0. The fourth-order valence-corrected chi connectivity index (χ4v) is 2.28. The number of aliphatic imine (C=N–C) groups is 1. The van der Waals surface area contributed by atoms with Crippen molar-refractivity contribution in [3.8, 4) is 5.75 Å². The van der Waals surface area contributed by atoms with Crippen LogP contribution in [0.1, 0.15) is 5.56 Å². The molecule has 0 aliphatic rings. The van der Waals surface area contributed by atoms with Gasteiger partial charge in [0.25, 0.3) is 0 Å². The molecule has 0 aliphatic carbocycles. The fraction of sp³-hybridized carbons (Fsp3) is 0.133. The molecule has 0 heterocycles. The number of nitrogens with zero attached hydrogens (tertiary/aromatic N) is 1. The summed E-state index contributed by atoms with van der Waals surface area (Å²) in [5.41, 5.74) is 1.72. The Morgan fingerprint density at radius 1 is 1.00 bits per heavy atom. The van der Waals surface area contributed by atoms with Gasteiger partial charge in [0.15, 0.2) is 0 Å². The third-order valence-electron chi connectivity index (χ3n) is 2.44. The zero-order chi connectivity index (χ0) is 13.7. The quantitative estimate of drug-likeness (QED) is 0.611. The van der Waals surface area contributed by atoms with Crippen molar-refractivity contribution in [1.29, 1.82) is 0 Å². The van der Waals surface area contributed by atoms with Crippen LogP contribution in [0.15, 0.2) is 53.5 Å². The predicted molar refractivity (Wildman–Crippen MR) is 79.6 cm³/mol. The van der Waals surface area contributed by atoms with Crippen LogP contribution >= 0.6 is 0 Å². The lowest BCUT2D eigenvalue weighted by Gasteiger charge is -2.08. The zero-order valence-electron chi connectivity index (χ0n) is 11.0. The number of rotatable bonds is 4. The Kier molecular flexibility index (Phi) is 4.47. The van der Waals surface area contributed by atoms with E-state index in [0.29, 0.717) is 0 Å². The van der Waals surface area contributed by atoms with Gasteiger partial charge in [-0.05, 0) is 67.2 Å². The van der Waals surface area contributed by atoms with Crippen LogP contribution in [0.25, 0.3) is 0 Å². The lowest BCUT2D eigenvalue weighted by molar-refractivity contribution is 0.581.